The van der Waals surface area contributed by atoms with E-state index in [1.807, 2.05) is 19.9 Å². The first-order valence-electron chi connectivity index (χ1n) is 11.4. The minimum atomic E-state index is -0.790. The average Bonchev–Trinajstić information content (AvgIpc) is 3.66. The Morgan fingerprint density at radius 2 is 1.83 bits per heavy atom. The maximum atomic E-state index is 14.6. The van der Waals surface area contributed by atoms with Crippen LogP contribution in [0.5, 0.6) is 5.75 Å². The van der Waals surface area contributed by atoms with E-state index in [9.17, 15) is 9.18 Å². The van der Waals surface area contributed by atoms with E-state index >= 15 is 0 Å². The number of carbonyl (C=O) groups is 1. The van der Waals surface area contributed by atoms with E-state index in [2.05, 4.69) is 27.1 Å². The number of carboxylic acids is 1. The molecule has 2 atom stereocenters. The standard InChI is InChI=1S/C28H24FN3O3/c1-16-9-19(26-14-30-7-8-31-26)10-17(2)27(16)18-3-5-24(29)20(11-18)15-35-21-4-6-25(32-13-21)22-12-23(22)28(33)34/h3-11,13-14,22-23H,12,15H2,1-2H3,(H,33,34)/t22-,23-/m0/s1. The molecule has 2 aromatic heterocycles. The molecule has 2 aromatic carbocycles. The number of aryl methyl sites for hydroxylation is 2. The van der Waals surface area contributed by atoms with Gasteiger partial charge in [-0.1, -0.05) is 6.07 Å². The van der Waals surface area contributed by atoms with Crippen LogP contribution in [0.3, 0.4) is 0 Å². The molecular formula is C28H24FN3O3. The van der Waals surface area contributed by atoms with E-state index in [4.69, 9.17) is 9.84 Å². The van der Waals surface area contributed by atoms with Crippen molar-refractivity contribution in [2.75, 3.05) is 0 Å². The number of benzene rings is 2. The third-order valence-electron chi connectivity index (χ3n) is 6.37. The number of carboxylic acid groups (broad SMARTS) is 1. The fourth-order valence-electron chi connectivity index (χ4n) is 4.51. The van der Waals surface area contributed by atoms with E-state index in [0.717, 1.165) is 39.2 Å². The minimum Gasteiger partial charge on any atom is -0.487 e. The Bertz CT molecular complexity index is 1370. The van der Waals surface area contributed by atoms with E-state index in [1.54, 1.807) is 43.0 Å². The number of ether oxygens (including phenoxy) is 1. The van der Waals surface area contributed by atoms with Gasteiger partial charge < -0.3 is 9.84 Å². The molecule has 1 saturated carbocycles. The van der Waals surface area contributed by atoms with Gasteiger partial charge in [0.25, 0.3) is 0 Å². The molecule has 0 radical (unpaired) electrons. The summed E-state index contributed by atoms with van der Waals surface area (Å²) in [6, 6.07) is 12.7. The van der Waals surface area contributed by atoms with E-state index in [-0.39, 0.29) is 24.3 Å². The molecule has 0 saturated heterocycles. The van der Waals surface area contributed by atoms with Gasteiger partial charge in [-0.25, -0.2) is 4.39 Å². The largest absolute Gasteiger partial charge is 0.487 e. The van der Waals surface area contributed by atoms with Crippen molar-refractivity contribution >= 4 is 5.97 Å². The molecule has 0 bridgehead atoms. The molecule has 0 amide bonds. The number of hydrogen-bond acceptors (Lipinski definition) is 5. The smallest absolute Gasteiger partial charge is 0.307 e. The van der Waals surface area contributed by atoms with Gasteiger partial charge in [0.15, 0.2) is 0 Å². The number of nitrogens with zero attached hydrogens (tertiary/aromatic N) is 3. The van der Waals surface area contributed by atoms with Crippen molar-refractivity contribution < 1.29 is 19.0 Å². The molecule has 1 aliphatic rings. The van der Waals surface area contributed by atoms with Crippen LogP contribution in [-0.4, -0.2) is 26.0 Å². The van der Waals surface area contributed by atoms with Crippen LogP contribution < -0.4 is 4.74 Å². The lowest BCUT2D eigenvalue weighted by atomic mass is 9.92. The quantitative estimate of drug-likeness (QED) is 0.372. The van der Waals surface area contributed by atoms with Crippen molar-refractivity contribution in [1.29, 1.82) is 0 Å². The lowest BCUT2D eigenvalue weighted by molar-refractivity contribution is -0.138. The van der Waals surface area contributed by atoms with Crippen LogP contribution in [-0.2, 0) is 11.4 Å². The van der Waals surface area contributed by atoms with Gasteiger partial charge in [0, 0.05) is 35.1 Å². The van der Waals surface area contributed by atoms with Gasteiger partial charge in [0.1, 0.15) is 18.2 Å². The lowest BCUT2D eigenvalue weighted by Gasteiger charge is -2.15. The molecule has 0 aliphatic heterocycles. The van der Waals surface area contributed by atoms with Crippen molar-refractivity contribution in [3.63, 3.8) is 0 Å². The highest BCUT2D eigenvalue weighted by Crippen LogP contribution is 2.46. The summed E-state index contributed by atoms with van der Waals surface area (Å²) in [4.78, 5) is 23.9. The minimum absolute atomic E-state index is 0.0394. The number of aliphatic carboxylic acids is 1. The molecular weight excluding hydrogens is 445 g/mol. The summed E-state index contributed by atoms with van der Waals surface area (Å²) >= 11 is 0. The highest BCUT2D eigenvalue weighted by molar-refractivity contribution is 5.76. The van der Waals surface area contributed by atoms with Gasteiger partial charge >= 0.3 is 5.97 Å². The van der Waals surface area contributed by atoms with Crippen molar-refractivity contribution in [1.82, 2.24) is 15.0 Å². The van der Waals surface area contributed by atoms with Gasteiger partial charge in [0.05, 0.1) is 24.0 Å². The normalized spacial score (nSPS) is 16.7. The van der Waals surface area contributed by atoms with Crippen LogP contribution in [0.4, 0.5) is 4.39 Å². The number of rotatable bonds is 7. The van der Waals surface area contributed by atoms with Crippen molar-refractivity contribution in [3.8, 4) is 28.1 Å². The zero-order valence-electron chi connectivity index (χ0n) is 19.4. The third-order valence-corrected chi connectivity index (χ3v) is 6.37. The molecule has 5 rings (SSSR count). The number of aromatic nitrogens is 3. The summed E-state index contributed by atoms with van der Waals surface area (Å²) in [6.45, 7) is 4.12. The Morgan fingerprint density at radius 3 is 2.46 bits per heavy atom. The monoisotopic (exact) mass is 469 g/mol. The summed E-state index contributed by atoms with van der Waals surface area (Å²) < 4.78 is 20.4. The molecule has 1 fully saturated rings. The maximum absolute atomic E-state index is 14.6. The van der Waals surface area contributed by atoms with Crippen molar-refractivity contribution in [2.45, 2.75) is 32.8 Å². The van der Waals surface area contributed by atoms with Crippen LogP contribution in [0.1, 0.15) is 34.7 Å². The van der Waals surface area contributed by atoms with Gasteiger partial charge in [0.2, 0.25) is 0 Å². The highest BCUT2D eigenvalue weighted by Gasteiger charge is 2.45. The second kappa shape index (κ2) is 9.25. The summed E-state index contributed by atoms with van der Waals surface area (Å²) in [5.41, 5.74) is 7.05. The molecule has 6 nitrogen and oxygen atoms in total. The molecule has 35 heavy (non-hydrogen) atoms. The van der Waals surface area contributed by atoms with Crippen LogP contribution in [0, 0.1) is 25.6 Å². The van der Waals surface area contributed by atoms with Crippen molar-refractivity contribution in [3.05, 3.63) is 95.5 Å². The van der Waals surface area contributed by atoms with Crippen molar-refractivity contribution in [2.24, 2.45) is 5.92 Å². The maximum Gasteiger partial charge on any atom is 0.307 e. The molecule has 7 heteroatoms. The SMILES string of the molecule is Cc1cc(-c2cnccn2)cc(C)c1-c1ccc(F)c(COc2ccc([C@H]3C[C@@H]3C(=O)O)nc2)c1. The predicted molar refractivity (Wildman–Crippen MR) is 129 cm³/mol. The van der Waals surface area contributed by atoms with Crippen LogP contribution in [0.25, 0.3) is 22.4 Å². The molecule has 4 aromatic rings. The second-order valence-corrected chi connectivity index (χ2v) is 8.88. The molecule has 0 unspecified atom stereocenters. The average molecular weight is 470 g/mol. The molecule has 176 valence electrons. The van der Waals surface area contributed by atoms with Crippen LogP contribution >= 0.6 is 0 Å². The van der Waals surface area contributed by atoms with E-state index in [0.29, 0.717) is 17.7 Å². The summed E-state index contributed by atoms with van der Waals surface area (Å²) in [5.74, 6) is -1.02. The number of halogens is 1. The zero-order chi connectivity index (χ0) is 24.5. The summed E-state index contributed by atoms with van der Waals surface area (Å²) in [6.07, 6.45) is 7.22. The molecule has 2 heterocycles. The fourth-order valence-corrected chi connectivity index (χ4v) is 4.51. The molecule has 1 aliphatic carbocycles. The zero-order valence-corrected chi connectivity index (χ0v) is 19.4. The van der Waals surface area contributed by atoms with Crippen LogP contribution in [0.15, 0.2) is 67.3 Å². The summed E-state index contributed by atoms with van der Waals surface area (Å²) in [7, 11) is 0. The third kappa shape index (κ3) is 4.75. The fraction of sp³-hybridized carbons (Fsp3) is 0.214. The topological polar surface area (TPSA) is 85.2 Å². The lowest BCUT2D eigenvalue weighted by Crippen LogP contribution is -2.02. The molecule has 1 N–H and O–H groups in total. The number of hydrogen-bond donors (Lipinski definition) is 1. The second-order valence-electron chi connectivity index (χ2n) is 8.88. The Morgan fingerprint density at radius 1 is 1.03 bits per heavy atom. The first kappa shape index (κ1) is 22.7. The van der Waals surface area contributed by atoms with E-state index < -0.39 is 5.97 Å². The van der Waals surface area contributed by atoms with Gasteiger partial charge in [-0.15, -0.1) is 0 Å². The Labute approximate surface area is 202 Å². The number of pyridine rings is 1. The Balaban J connectivity index is 1.34. The van der Waals surface area contributed by atoms with Gasteiger partial charge in [-0.3, -0.25) is 19.7 Å². The van der Waals surface area contributed by atoms with Crippen LogP contribution in [0.2, 0.25) is 0 Å². The van der Waals surface area contributed by atoms with E-state index in [1.165, 1.54) is 6.07 Å². The van der Waals surface area contributed by atoms with Gasteiger partial charge in [-0.05, 0) is 78.9 Å². The summed E-state index contributed by atoms with van der Waals surface area (Å²) in [5, 5.41) is 9.09. The molecule has 0 spiro atoms. The Kier molecular flexibility index (Phi) is 5.99. The highest BCUT2D eigenvalue weighted by atomic mass is 19.1. The van der Waals surface area contributed by atoms with Gasteiger partial charge in [-0.2, -0.15) is 0 Å². The first-order valence-corrected chi connectivity index (χ1v) is 11.4. The first-order chi connectivity index (χ1) is 16.9. The Hall–Kier alpha value is -4.13. The predicted octanol–water partition coefficient (Wildman–Crippen LogP) is 5.73.